The summed E-state index contributed by atoms with van der Waals surface area (Å²) in [6.07, 6.45) is 1.82. The third-order valence-electron chi connectivity index (χ3n) is 5.12. The molecular formula is C21H28N4O. The van der Waals surface area contributed by atoms with Gasteiger partial charge in [-0.1, -0.05) is 24.3 Å². The first-order chi connectivity index (χ1) is 12.5. The van der Waals surface area contributed by atoms with Crippen molar-refractivity contribution >= 4 is 11.7 Å². The van der Waals surface area contributed by atoms with Crippen LogP contribution in [0.15, 0.2) is 42.6 Å². The molecule has 3 rings (SSSR count). The van der Waals surface area contributed by atoms with Gasteiger partial charge in [0.1, 0.15) is 5.82 Å². The number of nitrogens with zero attached hydrogens (tertiary/aromatic N) is 3. The number of hydrogen-bond donors (Lipinski definition) is 1. The molecule has 1 aromatic heterocycles. The van der Waals surface area contributed by atoms with Crippen molar-refractivity contribution in [2.45, 2.75) is 26.8 Å². The molecule has 0 radical (unpaired) electrons. The Morgan fingerprint density at radius 2 is 1.88 bits per heavy atom. The van der Waals surface area contributed by atoms with Crippen molar-refractivity contribution in [3.05, 3.63) is 59.3 Å². The van der Waals surface area contributed by atoms with Gasteiger partial charge in [-0.15, -0.1) is 0 Å². The fraction of sp³-hybridized carbons (Fsp3) is 0.429. The highest BCUT2D eigenvalue weighted by atomic mass is 16.2. The SMILES string of the molecule is Cc1ccc([C@@H](C)NC(=O)CN2CCN(c3ccccn3)CC2)cc1C. The zero-order chi connectivity index (χ0) is 18.5. The fourth-order valence-corrected chi connectivity index (χ4v) is 3.28. The number of aryl methyl sites for hydroxylation is 2. The van der Waals surface area contributed by atoms with Crippen molar-refractivity contribution < 1.29 is 4.79 Å². The number of rotatable bonds is 5. The number of nitrogens with one attached hydrogen (secondary N) is 1. The van der Waals surface area contributed by atoms with Gasteiger partial charge in [0.25, 0.3) is 0 Å². The second-order valence-corrected chi connectivity index (χ2v) is 7.08. The van der Waals surface area contributed by atoms with E-state index in [2.05, 4.69) is 52.1 Å². The lowest BCUT2D eigenvalue weighted by molar-refractivity contribution is -0.123. The van der Waals surface area contributed by atoms with Gasteiger partial charge in [0.05, 0.1) is 12.6 Å². The van der Waals surface area contributed by atoms with Crippen LogP contribution in [0.1, 0.15) is 29.7 Å². The number of pyridine rings is 1. The quantitative estimate of drug-likeness (QED) is 0.899. The van der Waals surface area contributed by atoms with E-state index in [0.29, 0.717) is 6.54 Å². The molecular weight excluding hydrogens is 324 g/mol. The number of piperazine rings is 1. The first-order valence-corrected chi connectivity index (χ1v) is 9.28. The maximum atomic E-state index is 12.4. The molecule has 1 saturated heterocycles. The molecule has 5 heteroatoms. The predicted molar refractivity (Wildman–Crippen MR) is 105 cm³/mol. The molecule has 2 heterocycles. The van der Waals surface area contributed by atoms with Crippen LogP contribution in [0, 0.1) is 13.8 Å². The summed E-state index contributed by atoms with van der Waals surface area (Å²) in [6.45, 7) is 10.3. The Morgan fingerprint density at radius 1 is 1.12 bits per heavy atom. The van der Waals surface area contributed by atoms with Crippen molar-refractivity contribution in [3.63, 3.8) is 0 Å². The van der Waals surface area contributed by atoms with Crippen LogP contribution >= 0.6 is 0 Å². The lowest BCUT2D eigenvalue weighted by Crippen LogP contribution is -2.49. The molecule has 1 aliphatic rings. The molecule has 1 amide bonds. The van der Waals surface area contributed by atoms with Gasteiger partial charge < -0.3 is 10.2 Å². The largest absolute Gasteiger partial charge is 0.354 e. The highest BCUT2D eigenvalue weighted by Gasteiger charge is 2.20. The van der Waals surface area contributed by atoms with Gasteiger partial charge in [-0.05, 0) is 49.6 Å². The number of benzene rings is 1. The second kappa shape index (κ2) is 8.32. The van der Waals surface area contributed by atoms with Crippen molar-refractivity contribution in [1.82, 2.24) is 15.2 Å². The highest BCUT2D eigenvalue weighted by molar-refractivity contribution is 5.78. The Kier molecular flexibility index (Phi) is 5.89. The summed E-state index contributed by atoms with van der Waals surface area (Å²) < 4.78 is 0. The van der Waals surface area contributed by atoms with Crippen molar-refractivity contribution in [2.24, 2.45) is 0 Å². The first-order valence-electron chi connectivity index (χ1n) is 9.28. The first kappa shape index (κ1) is 18.4. The number of anilines is 1. The Hall–Kier alpha value is -2.40. The monoisotopic (exact) mass is 352 g/mol. The molecule has 0 unspecified atom stereocenters. The second-order valence-electron chi connectivity index (χ2n) is 7.08. The molecule has 0 aliphatic carbocycles. The number of aromatic nitrogens is 1. The smallest absolute Gasteiger partial charge is 0.234 e. The average molecular weight is 352 g/mol. The minimum atomic E-state index is 0.0246. The molecule has 0 saturated carbocycles. The van der Waals surface area contributed by atoms with Crippen molar-refractivity contribution in [1.29, 1.82) is 0 Å². The van der Waals surface area contributed by atoms with Crippen molar-refractivity contribution in [2.75, 3.05) is 37.6 Å². The Morgan fingerprint density at radius 3 is 2.54 bits per heavy atom. The Bertz CT molecular complexity index is 739. The summed E-state index contributed by atoms with van der Waals surface area (Å²) in [6, 6.07) is 12.4. The van der Waals surface area contributed by atoms with Crippen LogP contribution in [0.4, 0.5) is 5.82 Å². The topological polar surface area (TPSA) is 48.5 Å². The number of carbonyl (C=O) groups is 1. The average Bonchev–Trinajstić information content (AvgIpc) is 2.65. The molecule has 138 valence electrons. The third-order valence-corrected chi connectivity index (χ3v) is 5.12. The van der Waals surface area contributed by atoms with E-state index in [9.17, 15) is 4.79 Å². The van der Waals surface area contributed by atoms with E-state index in [1.165, 1.54) is 11.1 Å². The maximum Gasteiger partial charge on any atom is 0.234 e. The molecule has 1 N–H and O–H groups in total. The summed E-state index contributed by atoms with van der Waals surface area (Å²) in [5, 5.41) is 3.13. The normalized spacial score (nSPS) is 16.3. The molecule has 0 bridgehead atoms. The van der Waals surface area contributed by atoms with Gasteiger partial charge >= 0.3 is 0 Å². The van der Waals surface area contributed by atoms with Gasteiger partial charge in [-0.3, -0.25) is 9.69 Å². The number of amides is 1. The lowest BCUT2D eigenvalue weighted by atomic mass is 10.0. The van der Waals surface area contributed by atoms with E-state index in [4.69, 9.17) is 0 Å². The summed E-state index contributed by atoms with van der Waals surface area (Å²) >= 11 is 0. The molecule has 5 nitrogen and oxygen atoms in total. The molecule has 0 spiro atoms. The highest BCUT2D eigenvalue weighted by Crippen LogP contribution is 2.17. The maximum absolute atomic E-state index is 12.4. The van der Waals surface area contributed by atoms with Gasteiger partial charge in [-0.2, -0.15) is 0 Å². The third kappa shape index (κ3) is 4.61. The summed E-state index contributed by atoms with van der Waals surface area (Å²) in [7, 11) is 0. The van der Waals surface area contributed by atoms with Crippen LogP contribution in [-0.4, -0.2) is 48.5 Å². The fourth-order valence-electron chi connectivity index (χ4n) is 3.28. The van der Waals surface area contributed by atoms with E-state index in [1.54, 1.807) is 0 Å². The van der Waals surface area contributed by atoms with Crippen LogP contribution in [0.25, 0.3) is 0 Å². The molecule has 1 aliphatic heterocycles. The predicted octanol–water partition coefficient (Wildman–Crippen LogP) is 2.70. The molecule has 2 aromatic rings. The van der Waals surface area contributed by atoms with Crippen LogP contribution in [0.2, 0.25) is 0 Å². The van der Waals surface area contributed by atoms with E-state index in [-0.39, 0.29) is 11.9 Å². The van der Waals surface area contributed by atoms with Gasteiger partial charge in [0.2, 0.25) is 5.91 Å². The molecule has 1 aromatic carbocycles. The summed E-state index contributed by atoms with van der Waals surface area (Å²) in [5.74, 6) is 1.10. The van der Waals surface area contributed by atoms with Gasteiger partial charge in [-0.25, -0.2) is 4.98 Å². The van der Waals surface area contributed by atoms with Crippen molar-refractivity contribution in [3.8, 4) is 0 Å². The molecule has 1 fully saturated rings. The van der Waals surface area contributed by atoms with Crippen LogP contribution in [0.5, 0.6) is 0 Å². The minimum Gasteiger partial charge on any atom is -0.354 e. The zero-order valence-corrected chi connectivity index (χ0v) is 15.9. The summed E-state index contributed by atoms with van der Waals surface area (Å²) in [4.78, 5) is 21.3. The van der Waals surface area contributed by atoms with E-state index < -0.39 is 0 Å². The van der Waals surface area contributed by atoms with Crippen LogP contribution in [-0.2, 0) is 4.79 Å². The van der Waals surface area contributed by atoms with E-state index in [0.717, 1.165) is 37.6 Å². The van der Waals surface area contributed by atoms with Gasteiger partial charge in [0, 0.05) is 32.4 Å². The number of hydrogen-bond acceptors (Lipinski definition) is 4. The Labute approximate surface area is 156 Å². The van der Waals surface area contributed by atoms with Gasteiger partial charge in [0.15, 0.2) is 0 Å². The van der Waals surface area contributed by atoms with E-state index >= 15 is 0 Å². The standard InChI is InChI=1S/C21H28N4O/c1-16-7-8-19(14-17(16)2)18(3)23-21(26)15-24-10-12-25(13-11-24)20-6-4-5-9-22-20/h4-9,14,18H,10-13,15H2,1-3H3,(H,23,26)/t18-/m1/s1. The molecule has 1 atom stereocenters. The molecule has 26 heavy (non-hydrogen) atoms. The van der Waals surface area contributed by atoms with Crippen LogP contribution < -0.4 is 10.2 Å². The zero-order valence-electron chi connectivity index (χ0n) is 15.9. The van der Waals surface area contributed by atoms with Crippen LogP contribution in [0.3, 0.4) is 0 Å². The van der Waals surface area contributed by atoms with E-state index in [1.807, 2.05) is 31.3 Å². The lowest BCUT2D eigenvalue weighted by Gasteiger charge is -2.35. The summed E-state index contributed by atoms with van der Waals surface area (Å²) in [5.41, 5.74) is 3.69. The Balaban J connectivity index is 1.47. The minimum absolute atomic E-state index is 0.0246. The number of carbonyl (C=O) groups excluding carboxylic acids is 1.